The van der Waals surface area contributed by atoms with E-state index in [4.69, 9.17) is 0 Å². The van der Waals surface area contributed by atoms with Crippen molar-refractivity contribution < 1.29 is 0 Å². The number of pyridine rings is 1. The molecule has 120 valence electrons. The minimum atomic E-state index is 0.508. The number of nitrogens with zero attached hydrogens (tertiary/aromatic N) is 6. The van der Waals surface area contributed by atoms with E-state index in [2.05, 4.69) is 58.6 Å². The first-order valence-corrected chi connectivity index (χ1v) is 7.98. The van der Waals surface area contributed by atoms with E-state index in [0.29, 0.717) is 11.7 Å². The van der Waals surface area contributed by atoms with Gasteiger partial charge in [0.25, 0.3) is 0 Å². The highest BCUT2D eigenvalue weighted by Crippen LogP contribution is 2.23. The maximum atomic E-state index is 4.33. The molecule has 0 saturated carbocycles. The van der Waals surface area contributed by atoms with E-state index in [1.165, 1.54) is 5.56 Å². The molecule has 0 aliphatic carbocycles. The largest absolute Gasteiger partial charge is 0.281 e. The number of hydrogen-bond donors (Lipinski definition) is 0. The van der Waals surface area contributed by atoms with Gasteiger partial charge < -0.3 is 0 Å². The van der Waals surface area contributed by atoms with Gasteiger partial charge in [-0.05, 0) is 42.7 Å². The first-order valence-electron chi connectivity index (χ1n) is 7.98. The summed E-state index contributed by atoms with van der Waals surface area (Å²) in [5, 5.41) is 17.1. The molecule has 0 N–H and O–H groups in total. The molecule has 0 saturated heterocycles. The van der Waals surface area contributed by atoms with Crippen molar-refractivity contribution in [2.75, 3.05) is 0 Å². The van der Waals surface area contributed by atoms with Crippen LogP contribution < -0.4 is 0 Å². The fourth-order valence-electron chi connectivity index (χ4n) is 2.78. The molecule has 0 aliphatic rings. The zero-order chi connectivity index (χ0) is 16.7. The Bertz CT molecular complexity index is 994. The van der Waals surface area contributed by atoms with Crippen LogP contribution in [0.1, 0.15) is 31.0 Å². The van der Waals surface area contributed by atoms with Gasteiger partial charge in [0.05, 0.1) is 11.4 Å². The van der Waals surface area contributed by atoms with Gasteiger partial charge in [-0.2, -0.15) is 0 Å². The van der Waals surface area contributed by atoms with Gasteiger partial charge in [0.1, 0.15) is 0 Å². The molecule has 4 aromatic rings. The normalized spacial score (nSPS) is 11.5. The van der Waals surface area contributed by atoms with E-state index in [1.54, 1.807) is 0 Å². The minimum absolute atomic E-state index is 0.508. The lowest BCUT2D eigenvalue weighted by Gasteiger charge is -2.07. The number of aromatic nitrogens is 6. The van der Waals surface area contributed by atoms with Crippen molar-refractivity contribution in [1.82, 2.24) is 29.6 Å². The lowest BCUT2D eigenvalue weighted by Crippen LogP contribution is -2.00. The highest BCUT2D eigenvalue weighted by Gasteiger charge is 2.17. The molecular formula is C18H18N6. The minimum Gasteiger partial charge on any atom is -0.281 e. The summed E-state index contributed by atoms with van der Waals surface area (Å²) in [7, 11) is 0. The molecule has 0 fully saturated rings. The third-order valence-corrected chi connectivity index (χ3v) is 4.22. The van der Waals surface area contributed by atoms with Gasteiger partial charge in [-0.1, -0.05) is 37.3 Å². The summed E-state index contributed by atoms with van der Waals surface area (Å²) >= 11 is 0. The van der Waals surface area contributed by atoms with Gasteiger partial charge in [0.2, 0.25) is 0 Å². The van der Waals surface area contributed by atoms with Crippen LogP contribution >= 0.6 is 0 Å². The molecule has 6 heteroatoms. The van der Waals surface area contributed by atoms with Crippen LogP contribution in [0.3, 0.4) is 0 Å². The lowest BCUT2D eigenvalue weighted by atomic mass is 10.0. The summed E-state index contributed by atoms with van der Waals surface area (Å²) in [6.07, 6.45) is 1.93. The predicted octanol–water partition coefficient (Wildman–Crippen LogP) is 3.41. The van der Waals surface area contributed by atoms with Crippen molar-refractivity contribution in [2.45, 2.75) is 26.7 Å². The van der Waals surface area contributed by atoms with E-state index >= 15 is 0 Å². The van der Waals surface area contributed by atoms with Gasteiger partial charge >= 0.3 is 0 Å². The number of benzene rings is 1. The monoisotopic (exact) mass is 318 g/mol. The highest BCUT2D eigenvalue weighted by molar-refractivity contribution is 5.58. The van der Waals surface area contributed by atoms with Gasteiger partial charge in [-0.3, -0.25) is 4.40 Å². The number of hydrogen-bond acceptors (Lipinski definition) is 4. The van der Waals surface area contributed by atoms with Crippen LogP contribution in [0.15, 0.2) is 48.7 Å². The van der Waals surface area contributed by atoms with Gasteiger partial charge in [0.15, 0.2) is 17.2 Å². The van der Waals surface area contributed by atoms with Crippen molar-refractivity contribution in [3.05, 3.63) is 59.9 Å². The molecule has 6 nitrogen and oxygen atoms in total. The Morgan fingerprint density at radius 1 is 0.917 bits per heavy atom. The van der Waals surface area contributed by atoms with E-state index in [-0.39, 0.29) is 0 Å². The highest BCUT2D eigenvalue weighted by atomic mass is 15.4. The molecule has 0 aliphatic heterocycles. The Labute approximate surface area is 139 Å². The standard InChI is InChI=1S/C18H18N6/c1-12(2)14-7-9-15(10-8-14)24-13(3)17(20-22-24)18-21-19-16-6-4-5-11-23(16)18/h4-12H,1-3H3. The van der Waals surface area contributed by atoms with Crippen molar-refractivity contribution in [3.63, 3.8) is 0 Å². The fraction of sp³-hybridized carbons (Fsp3) is 0.222. The molecular weight excluding hydrogens is 300 g/mol. The molecule has 3 heterocycles. The third kappa shape index (κ3) is 2.27. The molecule has 0 spiro atoms. The predicted molar refractivity (Wildman–Crippen MR) is 92.2 cm³/mol. The fourth-order valence-corrected chi connectivity index (χ4v) is 2.78. The Morgan fingerprint density at radius 2 is 1.71 bits per heavy atom. The first kappa shape index (κ1) is 14.6. The summed E-state index contributed by atoms with van der Waals surface area (Å²) < 4.78 is 3.76. The summed E-state index contributed by atoms with van der Waals surface area (Å²) in [6.45, 7) is 6.37. The van der Waals surface area contributed by atoms with E-state index in [1.807, 2.05) is 40.4 Å². The Kier molecular flexibility index (Phi) is 3.37. The van der Waals surface area contributed by atoms with Crippen molar-refractivity contribution in [3.8, 4) is 17.2 Å². The summed E-state index contributed by atoms with van der Waals surface area (Å²) in [4.78, 5) is 0. The molecule has 0 atom stereocenters. The summed E-state index contributed by atoms with van der Waals surface area (Å²) in [5.74, 6) is 1.21. The molecule has 0 amide bonds. The average Bonchev–Trinajstić information content (AvgIpc) is 3.18. The van der Waals surface area contributed by atoms with E-state index in [9.17, 15) is 0 Å². The van der Waals surface area contributed by atoms with Crippen LogP contribution in [-0.2, 0) is 0 Å². The smallest absolute Gasteiger partial charge is 0.190 e. The lowest BCUT2D eigenvalue weighted by molar-refractivity contribution is 0.782. The third-order valence-electron chi connectivity index (χ3n) is 4.22. The summed E-state index contributed by atoms with van der Waals surface area (Å²) in [5.41, 5.74) is 4.76. The zero-order valence-corrected chi connectivity index (χ0v) is 13.9. The van der Waals surface area contributed by atoms with Crippen molar-refractivity contribution in [2.24, 2.45) is 0 Å². The molecule has 0 unspecified atom stereocenters. The second-order valence-electron chi connectivity index (χ2n) is 6.13. The van der Waals surface area contributed by atoms with Gasteiger partial charge in [-0.25, -0.2) is 4.68 Å². The van der Waals surface area contributed by atoms with E-state index in [0.717, 1.165) is 22.7 Å². The van der Waals surface area contributed by atoms with Crippen LogP contribution in [0.4, 0.5) is 0 Å². The van der Waals surface area contributed by atoms with Crippen LogP contribution in [0.25, 0.3) is 22.9 Å². The molecule has 0 bridgehead atoms. The zero-order valence-electron chi connectivity index (χ0n) is 13.9. The molecule has 1 aromatic carbocycles. The molecule has 3 aromatic heterocycles. The van der Waals surface area contributed by atoms with Crippen LogP contribution in [0.5, 0.6) is 0 Å². The Balaban J connectivity index is 1.78. The Hall–Kier alpha value is -3.02. The van der Waals surface area contributed by atoms with Crippen molar-refractivity contribution in [1.29, 1.82) is 0 Å². The maximum absolute atomic E-state index is 4.33. The number of fused-ring (bicyclic) bond motifs is 1. The van der Waals surface area contributed by atoms with Crippen molar-refractivity contribution >= 4 is 5.65 Å². The van der Waals surface area contributed by atoms with Crippen LogP contribution in [0, 0.1) is 6.92 Å². The van der Waals surface area contributed by atoms with Gasteiger partial charge in [-0.15, -0.1) is 15.3 Å². The maximum Gasteiger partial charge on any atom is 0.190 e. The summed E-state index contributed by atoms with van der Waals surface area (Å²) in [6, 6.07) is 14.2. The van der Waals surface area contributed by atoms with Crippen LogP contribution in [0.2, 0.25) is 0 Å². The SMILES string of the molecule is Cc1c(-c2nnc3ccccn23)nnn1-c1ccc(C(C)C)cc1. The van der Waals surface area contributed by atoms with E-state index < -0.39 is 0 Å². The van der Waals surface area contributed by atoms with Crippen LogP contribution in [-0.4, -0.2) is 29.6 Å². The second kappa shape index (κ2) is 5.56. The quantitative estimate of drug-likeness (QED) is 0.581. The molecule has 0 radical (unpaired) electrons. The number of rotatable bonds is 3. The topological polar surface area (TPSA) is 60.9 Å². The van der Waals surface area contributed by atoms with Gasteiger partial charge in [0, 0.05) is 6.20 Å². The Morgan fingerprint density at radius 3 is 2.46 bits per heavy atom. The second-order valence-corrected chi connectivity index (χ2v) is 6.13. The molecule has 4 rings (SSSR count). The molecule has 24 heavy (non-hydrogen) atoms. The first-order chi connectivity index (χ1) is 11.6. The average molecular weight is 318 g/mol.